The smallest absolute Gasteiger partial charge is 0.322 e. The molecule has 2 rings (SSSR count). The molecule has 26 heavy (non-hydrogen) atoms. The number of amides is 1. The van der Waals surface area contributed by atoms with Crippen molar-refractivity contribution in [1.29, 1.82) is 0 Å². The van der Waals surface area contributed by atoms with Crippen LogP contribution in [0.25, 0.3) is 0 Å². The zero-order valence-electron chi connectivity index (χ0n) is 13.8. The summed E-state index contributed by atoms with van der Waals surface area (Å²) in [5.41, 5.74) is -0.466. The van der Waals surface area contributed by atoms with Gasteiger partial charge in [-0.2, -0.15) is 13.2 Å². The Bertz CT molecular complexity index is 862. The Morgan fingerprint density at radius 2 is 1.58 bits per heavy atom. The van der Waals surface area contributed by atoms with Gasteiger partial charge in [0.2, 0.25) is 10.0 Å². The summed E-state index contributed by atoms with van der Waals surface area (Å²) in [4.78, 5) is 12.1. The third-order valence-corrected chi connectivity index (χ3v) is 4.92. The van der Waals surface area contributed by atoms with E-state index in [1.165, 1.54) is 24.3 Å². The van der Waals surface area contributed by atoms with Gasteiger partial charge in [0.05, 0.1) is 10.5 Å². The molecule has 0 spiro atoms. The molecule has 2 aromatic carbocycles. The van der Waals surface area contributed by atoms with E-state index in [0.29, 0.717) is 18.7 Å². The average Bonchev–Trinajstić information content (AvgIpc) is 2.60. The first-order valence-electron chi connectivity index (χ1n) is 7.72. The fraction of sp³-hybridized carbons (Fsp3) is 0.235. The highest BCUT2D eigenvalue weighted by atomic mass is 32.2. The highest BCUT2D eigenvalue weighted by molar-refractivity contribution is 7.89. The average molecular weight is 386 g/mol. The molecule has 0 fully saturated rings. The number of sulfonamides is 1. The molecule has 0 aliphatic rings. The second-order valence-electron chi connectivity index (χ2n) is 5.45. The quantitative estimate of drug-likeness (QED) is 0.796. The van der Waals surface area contributed by atoms with Gasteiger partial charge in [0.1, 0.15) is 0 Å². The maximum absolute atomic E-state index is 12.5. The Balaban J connectivity index is 2.08. The molecule has 0 atom stereocenters. The van der Waals surface area contributed by atoms with Gasteiger partial charge in [-0.15, -0.1) is 0 Å². The van der Waals surface area contributed by atoms with Crippen molar-refractivity contribution in [3.63, 3.8) is 0 Å². The SMILES string of the molecule is CCCNS(=O)(=O)c1ccc(NC(=O)c2ccc(C(F)(F)F)cc2)cc1. The van der Waals surface area contributed by atoms with Crippen LogP contribution in [-0.2, 0) is 16.2 Å². The third kappa shape index (κ3) is 5.06. The number of anilines is 1. The topological polar surface area (TPSA) is 75.3 Å². The van der Waals surface area contributed by atoms with Gasteiger partial charge in [0.15, 0.2) is 0 Å². The molecule has 0 unspecified atom stereocenters. The molecular weight excluding hydrogens is 369 g/mol. The zero-order valence-corrected chi connectivity index (χ0v) is 14.6. The van der Waals surface area contributed by atoms with E-state index in [-0.39, 0.29) is 10.5 Å². The Morgan fingerprint density at radius 1 is 1.00 bits per heavy atom. The molecule has 0 bridgehead atoms. The standard InChI is InChI=1S/C17H17F3N2O3S/c1-2-11-21-26(24,25)15-9-7-14(8-10-15)22-16(23)12-3-5-13(6-4-12)17(18,19)20/h3-10,21H,2,11H2,1H3,(H,22,23). The third-order valence-electron chi connectivity index (χ3n) is 3.44. The number of hydrogen-bond acceptors (Lipinski definition) is 3. The summed E-state index contributed by atoms with van der Waals surface area (Å²) in [5.74, 6) is -0.599. The van der Waals surface area contributed by atoms with E-state index >= 15 is 0 Å². The lowest BCUT2D eigenvalue weighted by atomic mass is 10.1. The van der Waals surface area contributed by atoms with E-state index < -0.39 is 27.7 Å². The molecule has 2 N–H and O–H groups in total. The van der Waals surface area contributed by atoms with Crippen LogP contribution in [-0.4, -0.2) is 20.9 Å². The minimum absolute atomic E-state index is 0.0541. The maximum Gasteiger partial charge on any atom is 0.416 e. The molecule has 0 heterocycles. The number of hydrogen-bond donors (Lipinski definition) is 2. The molecule has 0 saturated carbocycles. The van der Waals surface area contributed by atoms with Crippen molar-refractivity contribution >= 4 is 21.6 Å². The van der Waals surface area contributed by atoms with Gasteiger partial charge in [0, 0.05) is 17.8 Å². The van der Waals surface area contributed by atoms with Crippen LogP contribution in [0.1, 0.15) is 29.3 Å². The number of carbonyl (C=O) groups excluding carboxylic acids is 1. The van der Waals surface area contributed by atoms with Gasteiger partial charge in [0.25, 0.3) is 5.91 Å². The minimum atomic E-state index is -4.47. The summed E-state index contributed by atoms with van der Waals surface area (Å²) in [6.45, 7) is 2.15. The van der Waals surface area contributed by atoms with Crippen molar-refractivity contribution in [1.82, 2.24) is 4.72 Å². The molecule has 0 aliphatic heterocycles. The highest BCUT2D eigenvalue weighted by Crippen LogP contribution is 2.29. The lowest BCUT2D eigenvalue weighted by Gasteiger charge is -2.09. The monoisotopic (exact) mass is 386 g/mol. The highest BCUT2D eigenvalue weighted by Gasteiger charge is 2.30. The number of alkyl halides is 3. The first kappa shape index (κ1) is 19.9. The van der Waals surface area contributed by atoms with Crippen LogP contribution in [0.5, 0.6) is 0 Å². The van der Waals surface area contributed by atoms with Crippen LogP contribution in [0.15, 0.2) is 53.4 Å². The maximum atomic E-state index is 12.5. The van der Waals surface area contributed by atoms with E-state index in [1.54, 1.807) is 0 Å². The van der Waals surface area contributed by atoms with Crippen molar-refractivity contribution in [2.24, 2.45) is 0 Å². The van der Waals surface area contributed by atoms with Crippen molar-refractivity contribution in [2.75, 3.05) is 11.9 Å². The van der Waals surface area contributed by atoms with Crippen LogP contribution in [0, 0.1) is 0 Å². The molecule has 0 aliphatic carbocycles. The van der Waals surface area contributed by atoms with E-state index in [2.05, 4.69) is 10.0 Å². The predicted molar refractivity (Wildman–Crippen MR) is 91.3 cm³/mol. The van der Waals surface area contributed by atoms with E-state index in [9.17, 15) is 26.4 Å². The fourth-order valence-corrected chi connectivity index (χ4v) is 3.18. The fourth-order valence-electron chi connectivity index (χ4n) is 2.05. The first-order chi connectivity index (χ1) is 12.1. The normalized spacial score (nSPS) is 12.0. The Labute approximate surface area is 149 Å². The Hall–Kier alpha value is -2.39. The van der Waals surface area contributed by atoms with E-state index in [1.807, 2.05) is 6.92 Å². The van der Waals surface area contributed by atoms with Crippen LogP contribution in [0.3, 0.4) is 0 Å². The summed E-state index contributed by atoms with van der Waals surface area (Å²) < 4.78 is 63.9. The Morgan fingerprint density at radius 3 is 2.08 bits per heavy atom. The molecule has 2 aromatic rings. The van der Waals surface area contributed by atoms with E-state index in [4.69, 9.17) is 0 Å². The van der Waals surface area contributed by atoms with Crippen LogP contribution in [0.2, 0.25) is 0 Å². The van der Waals surface area contributed by atoms with Gasteiger partial charge in [-0.05, 0) is 55.0 Å². The lowest BCUT2D eigenvalue weighted by molar-refractivity contribution is -0.137. The van der Waals surface area contributed by atoms with Gasteiger partial charge in [-0.3, -0.25) is 4.79 Å². The summed E-state index contributed by atoms with van der Waals surface area (Å²) in [6, 6.07) is 9.27. The van der Waals surface area contributed by atoms with Crippen molar-refractivity contribution in [3.05, 3.63) is 59.7 Å². The molecule has 140 valence electrons. The second-order valence-corrected chi connectivity index (χ2v) is 7.22. The summed E-state index contributed by atoms with van der Waals surface area (Å²) in [6.07, 6.45) is -3.82. The zero-order chi connectivity index (χ0) is 19.4. The minimum Gasteiger partial charge on any atom is -0.322 e. The number of benzene rings is 2. The Kier molecular flexibility index (Phi) is 6.04. The predicted octanol–water partition coefficient (Wildman–Crippen LogP) is 3.65. The van der Waals surface area contributed by atoms with Crippen molar-refractivity contribution in [2.45, 2.75) is 24.4 Å². The number of halogens is 3. The van der Waals surface area contributed by atoms with Crippen LogP contribution >= 0.6 is 0 Å². The summed E-state index contributed by atoms with van der Waals surface area (Å²) in [7, 11) is -3.61. The first-order valence-corrected chi connectivity index (χ1v) is 9.20. The molecule has 0 saturated heterocycles. The van der Waals surface area contributed by atoms with Gasteiger partial charge in [-0.1, -0.05) is 6.92 Å². The molecule has 5 nitrogen and oxygen atoms in total. The van der Waals surface area contributed by atoms with Crippen LogP contribution in [0.4, 0.5) is 18.9 Å². The van der Waals surface area contributed by atoms with Crippen molar-refractivity contribution in [3.8, 4) is 0 Å². The summed E-state index contributed by atoms with van der Waals surface area (Å²) in [5, 5.41) is 2.50. The van der Waals surface area contributed by atoms with Crippen molar-refractivity contribution < 1.29 is 26.4 Å². The van der Waals surface area contributed by atoms with Gasteiger partial charge in [-0.25, -0.2) is 13.1 Å². The number of carbonyl (C=O) groups is 1. The molecule has 0 aromatic heterocycles. The molecule has 1 amide bonds. The molecular formula is C17H17F3N2O3S. The second kappa shape index (κ2) is 7.88. The number of nitrogens with one attached hydrogen (secondary N) is 2. The summed E-state index contributed by atoms with van der Waals surface area (Å²) >= 11 is 0. The lowest BCUT2D eigenvalue weighted by Crippen LogP contribution is -2.24. The van der Waals surface area contributed by atoms with Crippen LogP contribution < -0.4 is 10.0 Å². The number of rotatable bonds is 6. The molecule has 9 heteroatoms. The molecule has 0 radical (unpaired) electrons. The van der Waals surface area contributed by atoms with Gasteiger partial charge < -0.3 is 5.32 Å². The van der Waals surface area contributed by atoms with E-state index in [0.717, 1.165) is 24.3 Å². The van der Waals surface area contributed by atoms with Gasteiger partial charge >= 0.3 is 6.18 Å². The largest absolute Gasteiger partial charge is 0.416 e.